The summed E-state index contributed by atoms with van der Waals surface area (Å²) >= 11 is 0. The molecule has 2 aromatic rings. The maximum absolute atomic E-state index is 14.1. The lowest BCUT2D eigenvalue weighted by atomic mass is 10.1. The third-order valence-electron chi connectivity index (χ3n) is 3.25. The van der Waals surface area contributed by atoms with Crippen molar-refractivity contribution < 1.29 is 13.9 Å². The summed E-state index contributed by atoms with van der Waals surface area (Å²) < 4.78 is 25.5. The molecule has 0 radical (unpaired) electrons. The fourth-order valence-corrected chi connectivity index (χ4v) is 2.10. The largest absolute Gasteiger partial charge is 0.490 e. The zero-order valence-electron chi connectivity index (χ0n) is 12.5. The van der Waals surface area contributed by atoms with Gasteiger partial charge >= 0.3 is 0 Å². The molecule has 0 heterocycles. The highest BCUT2D eigenvalue weighted by atomic mass is 19.1. The zero-order valence-corrected chi connectivity index (χ0v) is 12.5. The number of benzene rings is 2. The van der Waals surface area contributed by atoms with Crippen molar-refractivity contribution in [2.75, 3.05) is 13.7 Å². The first kappa shape index (κ1) is 15.3. The van der Waals surface area contributed by atoms with Crippen LogP contribution in [0, 0.1) is 5.82 Å². The molecule has 0 saturated heterocycles. The van der Waals surface area contributed by atoms with Crippen LogP contribution in [0.15, 0.2) is 42.5 Å². The molecule has 2 aromatic carbocycles. The standard InChI is InChI=1S/C17H20FNO2/c1-4-20-14-9-5-6-10-15(14)21-16-11-7-8-13(18)17(16)12(2)19-3/h5-12,19H,4H2,1-3H3. The van der Waals surface area contributed by atoms with E-state index in [2.05, 4.69) is 5.32 Å². The summed E-state index contributed by atoms with van der Waals surface area (Å²) in [4.78, 5) is 0. The molecule has 21 heavy (non-hydrogen) atoms. The lowest BCUT2D eigenvalue weighted by molar-refractivity contribution is 0.320. The van der Waals surface area contributed by atoms with Gasteiger partial charge in [0.05, 0.1) is 6.61 Å². The van der Waals surface area contributed by atoms with Crippen LogP contribution in [0.25, 0.3) is 0 Å². The van der Waals surface area contributed by atoms with E-state index in [0.717, 1.165) is 0 Å². The molecule has 0 bridgehead atoms. The molecule has 112 valence electrons. The summed E-state index contributed by atoms with van der Waals surface area (Å²) in [7, 11) is 1.79. The first-order chi connectivity index (χ1) is 10.2. The molecular formula is C17H20FNO2. The average Bonchev–Trinajstić information content (AvgIpc) is 2.49. The van der Waals surface area contributed by atoms with Crippen molar-refractivity contribution in [2.24, 2.45) is 0 Å². The lowest BCUT2D eigenvalue weighted by Gasteiger charge is -2.18. The minimum atomic E-state index is -0.289. The summed E-state index contributed by atoms with van der Waals surface area (Å²) in [5.41, 5.74) is 0.506. The normalized spacial score (nSPS) is 12.0. The first-order valence-electron chi connectivity index (χ1n) is 7.02. The summed E-state index contributed by atoms with van der Waals surface area (Å²) in [6.07, 6.45) is 0. The minimum Gasteiger partial charge on any atom is -0.490 e. The van der Waals surface area contributed by atoms with Crippen molar-refractivity contribution in [1.29, 1.82) is 0 Å². The number of nitrogens with one attached hydrogen (secondary N) is 1. The number of rotatable bonds is 6. The summed E-state index contributed by atoms with van der Waals surface area (Å²) in [6.45, 7) is 4.34. The Morgan fingerprint density at radius 2 is 1.71 bits per heavy atom. The van der Waals surface area contributed by atoms with Crippen LogP contribution in [0.5, 0.6) is 17.2 Å². The van der Waals surface area contributed by atoms with Gasteiger partial charge in [0, 0.05) is 11.6 Å². The number of hydrogen-bond donors (Lipinski definition) is 1. The Hall–Kier alpha value is -2.07. The molecule has 0 aliphatic rings. The van der Waals surface area contributed by atoms with Gasteiger partial charge in [-0.1, -0.05) is 18.2 Å². The van der Waals surface area contributed by atoms with E-state index in [4.69, 9.17) is 9.47 Å². The van der Waals surface area contributed by atoms with E-state index in [0.29, 0.717) is 29.4 Å². The molecule has 1 unspecified atom stereocenters. The highest BCUT2D eigenvalue weighted by Gasteiger charge is 2.17. The maximum atomic E-state index is 14.1. The third kappa shape index (κ3) is 3.52. The Morgan fingerprint density at radius 3 is 2.38 bits per heavy atom. The third-order valence-corrected chi connectivity index (χ3v) is 3.25. The van der Waals surface area contributed by atoms with Crippen LogP contribution in [-0.2, 0) is 0 Å². The van der Waals surface area contributed by atoms with E-state index < -0.39 is 0 Å². The topological polar surface area (TPSA) is 30.5 Å². The molecule has 0 spiro atoms. The number of ether oxygens (including phenoxy) is 2. The van der Waals surface area contributed by atoms with E-state index in [1.165, 1.54) is 6.07 Å². The van der Waals surface area contributed by atoms with Crippen molar-refractivity contribution in [1.82, 2.24) is 5.32 Å². The average molecular weight is 289 g/mol. The summed E-state index contributed by atoms with van der Waals surface area (Å²) in [5.74, 6) is 1.43. The van der Waals surface area contributed by atoms with Crippen LogP contribution in [0.3, 0.4) is 0 Å². The van der Waals surface area contributed by atoms with E-state index in [-0.39, 0.29) is 11.9 Å². The molecule has 1 N–H and O–H groups in total. The highest BCUT2D eigenvalue weighted by molar-refractivity contribution is 5.46. The molecule has 0 amide bonds. The molecule has 0 fully saturated rings. The van der Waals surface area contributed by atoms with Crippen molar-refractivity contribution in [3.8, 4) is 17.2 Å². The van der Waals surface area contributed by atoms with Crippen LogP contribution in [0.4, 0.5) is 4.39 Å². The van der Waals surface area contributed by atoms with Crippen LogP contribution >= 0.6 is 0 Å². The maximum Gasteiger partial charge on any atom is 0.169 e. The molecule has 2 rings (SSSR count). The van der Waals surface area contributed by atoms with Gasteiger partial charge in [-0.05, 0) is 45.2 Å². The molecular weight excluding hydrogens is 269 g/mol. The van der Waals surface area contributed by atoms with Gasteiger partial charge in [0.2, 0.25) is 0 Å². The second kappa shape index (κ2) is 7.09. The Morgan fingerprint density at radius 1 is 1.05 bits per heavy atom. The van der Waals surface area contributed by atoms with Crippen LogP contribution in [0.1, 0.15) is 25.5 Å². The predicted molar refractivity (Wildman–Crippen MR) is 81.6 cm³/mol. The smallest absolute Gasteiger partial charge is 0.169 e. The SMILES string of the molecule is CCOc1ccccc1Oc1cccc(F)c1C(C)NC. The molecule has 3 nitrogen and oxygen atoms in total. The first-order valence-corrected chi connectivity index (χ1v) is 7.02. The van der Waals surface area contributed by atoms with Gasteiger partial charge in [-0.3, -0.25) is 0 Å². The minimum absolute atomic E-state index is 0.152. The molecule has 4 heteroatoms. The molecule has 1 atom stereocenters. The summed E-state index contributed by atoms with van der Waals surface area (Å²) in [5, 5.41) is 3.04. The van der Waals surface area contributed by atoms with Crippen molar-refractivity contribution in [2.45, 2.75) is 19.9 Å². The van der Waals surface area contributed by atoms with Crippen LogP contribution < -0.4 is 14.8 Å². The van der Waals surface area contributed by atoms with E-state index >= 15 is 0 Å². The number of hydrogen-bond acceptors (Lipinski definition) is 3. The van der Waals surface area contributed by atoms with Crippen LogP contribution in [-0.4, -0.2) is 13.7 Å². The second-order valence-corrected chi connectivity index (χ2v) is 4.64. The fourth-order valence-electron chi connectivity index (χ4n) is 2.10. The van der Waals surface area contributed by atoms with Gasteiger partial charge in [-0.25, -0.2) is 4.39 Å². The lowest BCUT2D eigenvalue weighted by Crippen LogP contribution is -2.15. The van der Waals surface area contributed by atoms with Gasteiger partial charge in [0.25, 0.3) is 0 Å². The van der Waals surface area contributed by atoms with Crippen molar-refractivity contribution >= 4 is 0 Å². The van der Waals surface area contributed by atoms with Gasteiger partial charge < -0.3 is 14.8 Å². The van der Waals surface area contributed by atoms with Gasteiger partial charge in [-0.15, -0.1) is 0 Å². The zero-order chi connectivity index (χ0) is 15.2. The number of para-hydroxylation sites is 2. The van der Waals surface area contributed by atoms with Gasteiger partial charge in [0.15, 0.2) is 11.5 Å². The second-order valence-electron chi connectivity index (χ2n) is 4.64. The van der Waals surface area contributed by atoms with Crippen molar-refractivity contribution in [3.05, 3.63) is 53.8 Å². The Bertz CT molecular complexity index is 601. The summed E-state index contributed by atoms with van der Waals surface area (Å²) in [6, 6.07) is 12.1. The van der Waals surface area contributed by atoms with Gasteiger partial charge in [0.1, 0.15) is 11.6 Å². The Kier molecular flexibility index (Phi) is 5.17. The van der Waals surface area contributed by atoms with Crippen molar-refractivity contribution in [3.63, 3.8) is 0 Å². The van der Waals surface area contributed by atoms with Gasteiger partial charge in [-0.2, -0.15) is 0 Å². The molecule has 0 saturated carbocycles. The van der Waals surface area contributed by atoms with E-state index in [1.54, 1.807) is 19.2 Å². The van der Waals surface area contributed by atoms with E-state index in [1.807, 2.05) is 38.1 Å². The number of halogens is 1. The Labute approximate surface area is 124 Å². The quantitative estimate of drug-likeness (QED) is 0.860. The fraction of sp³-hybridized carbons (Fsp3) is 0.294. The molecule has 0 aliphatic carbocycles. The monoisotopic (exact) mass is 289 g/mol. The van der Waals surface area contributed by atoms with Crippen LogP contribution in [0.2, 0.25) is 0 Å². The Balaban J connectivity index is 2.38. The highest BCUT2D eigenvalue weighted by Crippen LogP contribution is 2.35. The predicted octanol–water partition coefficient (Wildman–Crippen LogP) is 4.30. The molecule has 0 aliphatic heterocycles. The molecule has 0 aromatic heterocycles. The van der Waals surface area contributed by atoms with E-state index in [9.17, 15) is 4.39 Å².